The van der Waals surface area contributed by atoms with Crippen LogP contribution in [-0.2, 0) is 0 Å². The average Bonchev–Trinajstić information content (AvgIpc) is 2.64. The zero-order valence-electron chi connectivity index (χ0n) is 11.8. The minimum Gasteiger partial charge on any atom is -0.382 e. The average molecular weight is 282 g/mol. The Bertz CT molecular complexity index is 453. The molecule has 0 aliphatic heterocycles. The van der Waals surface area contributed by atoms with E-state index >= 15 is 0 Å². The molecule has 1 aromatic rings. The second kappa shape index (κ2) is 5.77. The van der Waals surface area contributed by atoms with E-state index in [0.29, 0.717) is 11.4 Å². The highest BCUT2D eigenvalue weighted by molar-refractivity contribution is 7.11. The molecular formula is C13H22N4OS. The van der Waals surface area contributed by atoms with Crippen LogP contribution < -0.4 is 16.0 Å². The molecule has 2 rings (SSSR count). The lowest BCUT2D eigenvalue weighted by Gasteiger charge is -2.30. The van der Waals surface area contributed by atoms with Crippen LogP contribution in [0.15, 0.2) is 0 Å². The van der Waals surface area contributed by atoms with Crippen LogP contribution in [0.5, 0.6) is 0 Å². The molecule has 0 atom stereocenters. The minimum absolute atomic E-state index is 0.0941. The number of anilines is 2. The fourth-order valence-electron chi connectivity index (χ4n) is 2.25. The maximum Gasteiger partial charge on any atom is 0.258 e. The van der Waals surface area contributed by atoms with Gasteiger partial charge in [-0.25, -0.2) is 0 Å². The van der Waals surface area contributed by atoms with Gasteiger partial charge in [-0.2, -0.15) is 4.37 Å². The van der Waals surface area contributed by atoms with Gasteiger partial charge in [0.15, 0.2) is 5.82 Å². The highest BCUT2D eigenvalue weighted by atomic mass is 32.1. The van der Waals surface area contributed by atoms with Crippen LogP contribution in [0, 0.1) is 5.92 Å². The first-order chi connectivity index (χ1) is 8.99. The van der Waals surface area contributed by atoms with E-state index in [1.54, 1.807) is 0 Å². The van der Waals surface area contributed by atoms with Crippen molar-refractivity contribution in [3.05, 3.63) is 5.56 Å². The van der Waals surface area contributed by atoms with Crippen LogP contribution in [0.2, 0.25) is 0 Å². The Morgan fingerprint density at radius 1 is 1.58 bits per heavy atom. The number of nitrogens with zero attached hydrogens (tertiary/aromatic N) is 2. The number of amides is 1. The number of hydrogen-bond donors (Lipinski definition) is 2. The molecule has 6 heteroatoms. The molecule has 5 nitrogen and oxygen atoms in total. The van der Waals surface area contributed by atoms with E-state index in [9.17, 15) is 4.79 Å². The monoisotopic (exact) mass is 282 g/mol. The summed E-state index contributed by atoms with van der Waals surface area (Å²) in [5.74, 6) is 0.949. The van der Waals surface area contributed by atoms with Gasteiger partial charge in [0.05, 0.1) is 0 Å². The third-order valence-corrected chi connectivity index (χ3v) is 4.43. The number of carbonyl (C=O) groups excluding carboxylic acids is 1. The van der Waals surface area contributed by atoms with Crippen LogP contribution in [0.3, 0.4) is 0 Å². The number of aromatic nitrogens is 1. The zero-order valence-corrected chi connectivity index (χ0v) is 12.6. The molecule has 3 N–H and O–H groups in total. The summed E-state index contributed by atoms with van der Waals surface area (Å²) < 4.78 is 4.13. The summed E-state index contributed by atoms with van der Waals surface area (Å²) in [5, 5.41) is 3.76. The molecule has 1 fully saturated rings. The van der Waals surface area contributed by atoms with Crippen LogP contribution in [0.1, 0.15) is 43.5 Å². The van der Waals surface area contributed by atoms with Gasteiger partial charge in [-0.3, -0.25) is 4.79 Å². The van der Waals surface area contributed by atoms with Crippen molar-refractivity contribution in [2.45, 2.75) is 39.2 Å². The Balaban J connectivity index is 2.13. The van der Waals surface area contributed by atoms with Gasteiger partial charge < -0.3 is 16.0 Å². The highest BCUT2D eigenvalue weighted by Crippen LogP contribution is 2.33. The smallest absolute Gasteiger partial charge is 0.258 e. The van der Waals surface area contributed by atoms with Crippen LogP contribution >= 0.6 is 11.5 Å². The Labute approximate surface area is 118 Å². The fourth-order valence-corrected chi connectivity index (χ4v) is 3.03. The van der Waals surface area contributed by atoms with Gasteiger partial charge in [0, 0.05) is 19.6 Å². The van der Waals surface area contributed by atoms with Crippen molar-refractivity contribution < 1.29 is 4.79 Å². The summed E-state index contributed by atoms with van der Waals surface area (Å²) in [5.41, 5.74) is 6.37. The van der Waals surface area contributed by atoms with E-state index < -0.39 is 0 Å². The number of nitrogens with one attached hydrogen (secondary N) is 1. The molecule has 0 unspecified atom stereocenters. The first-order valence-corrected chi connectivity index (χ1v) is 7.53. The summed E-state index contributed by atoms with van der Waals surface area (Å²) >= 11 is 1.31. The maximum atomic E-state index is 12.2. The van der Waals surface area contributed by atoms with Crippen molar-refractivity contribution in [2.75, 3.05) is 24.2 Å². The molecule has 106 valence electrons. The Hall–Kier alpha value is -1.30. The first-order valence-electron chi connectivity index (χ1n) is 6.76. The Morgan fingerprint density at radius 3 is 2.79 bits per heavy atom. The second-order valence-electron chi connectivity index (χ2n) is 5.55. The van der Waals surface area contributed by atoms with E-state index in [4.69, 9.17) is 5.73 Å². The SMILES string of the molecule is CC(C)NC(=O)c1c(N)nsc1N(C)CC1CCC1. The summed E-state index contributed by atoms with van der Waals surface area (Å²) in [6.07, 6.45) is 3.89. The van der Waals surface area contributed by atoms with Crippen molar-refractivity contribution in [3.63, 3.8) is 0 Å². The van der Waals surface area contributed by atoms with Gasteiger partial charge in [-0.1, -0.05) is 6.42 Å². The third kappa shape index (κ3) is 3.18. The van der Waals surface area contributed by atoms with E-state index in [1.165, 1.54) is 30.8 Å². The van der Waals surface area contributed by atoms with Crippen LogP contribution in [0.4, 0.5) is 10.8 Å². The van der Waals surface area contributed by atoms with Gasteiger partial charge in [0.2, 0.25) is 0 Å². The Morgan fingerprint density at radius 2 is 2.26 bits per heavy atom. The summed E-state index contributed by atoms with van der Waals surface area (Å²) in [6, 6.07) is 0.0941. The molecule has 0 saturated heterocycles. The second-order valence-corrected chi connectivity index (χ2v) is 6.31. The molecule has 0 aromatic carbocycles. The lowest BCUT2D eigenvalue weighted by atomic mass is 9.85. The minimum atomic E-state index is -0.128. The molecule has 0 spiro atoms. The van der Waals surface area contributed by atoms with Crippen LogP contribution in [0.25, 0.3) is 0 Å². The standard InChI is InChI=1S/C13H22N4OS/c1-8(2)15-12(18)10-11(14)16-19-13(10)17(3)7-9-5-4-6-9/h8-9H,4-7H2,1-3H3,(H2,14,16)(H,15,18). The van der Waals surface area contributed by atoms with Crippen molar-refractivity contribution in [3.8, 4) is 0 Å². The zero-order chi connectivity index (χ0) is 14.0. The molecule has 1 aliphatic rings. The topological polar surface area (TPSA) is 71.2 Å². The molecule has 0 bridgehead atoms. The highest BCUT2D eigenvalue weighted by Gasteiger charge is 2.25. The lowest BCUT2D eigenvalue weighted by molar-refractivity contribution is 0.0944. The Kier molecular flexibility index (Phi) is 4.29. The first kappa shape index (κ1) is 14.1. The predicted octanol–water partition coefficient (Wildman–Crippen LogP) is 2.10. The van der Waals surface area contributed by atoms with Gasteiger partial charge in [0.1, 0.15) is 10.6 Å². The van der Waals surface area contributed by atoms with Gasteiger partial charge >= 0.3 is 0 Å². The molecule has 1 heterocycles. The molecule has 19 heavy (non-hydrogen) atoms. The number of nitrogen functional groups attached to an aromatic ring is 1. The number of hydrogen-bond acceptors (Lipinski definition) is 5. The van der Waals surface area contributed by atoms with Gasteiger partial charge in [-0.05, 0) is 44.1 Å². The largest absolute Gasteiger partial charge is 0.382 e. The summed E-state index contributed by atoms with van der Waals surface area (Å²) in [6.45, 7) is 4.85. The van der Waals surface area contributed by atoms with Crippen molar-refractivity contribution in [1.29, 1.82) is 0 Å². The molecule has 1 amide bonds. The van der Waals surface area contributed by atoms with Crippen LogP contribution in [-0.4, -0.2) is 29.9 Å². The maximum absolute atomic E-state index is 12.2. The molecular weight excluding hydrogens is 260 g/mol. The molecule has 1 saturated carbocycles. The molecule has 1 aromatic heterocycles. The predicted molar refractivity (Wildman–Crippen MR) is 79.7 cm³/mol. The fraction of sp³-hybridized carbons (Fsp3) is 0.692. The summed E-state index contributed by atoms with van der Waals surface area (Å²) in [7, 11) is 2.01. The van der Waals surface area contributed by atoms with E-state index in [1.807, 2.05) is 20.9 Å². The summed E-state index contributed by atoms with van der Waals surface area (Å²) in [4.78, 5) is 14.3. The van der Waals surface area contributed by atoms with Crippen molar-refractivity contribution >= 4 is 28.3 Å². The van der Waals surface area contributed by atoms with Crippen molar-refractivity contribution in [2.24, 2.45) is 5.92 Å². The third-order valence-electron chi connectivity index (χ3n) is 3.45. The van der Waals surface area contributed by atoms with Gasteiger partial charge in [-0.15, -0.1) is 0 Å². The molecule has 0 radical (unpaired) electrons. The molecule has 1 aliphatic carbocycles. The number of carbonyl (C=O) groups is 1. The normalized spacial score (nSPS) is 15.4. The van der Waals surface area contributed by atoms with E-state index in [-0.39, 0.29) is 11.9 Å². The number of rotatable bonds is 5. The van der Waals surface area contributed by atoms with Gasteiger partial charge in [0.25, 0.3) is 5.91 Å². The van der Waals surface area contributed by atoms with Crippen molar-refractivity contribution in [1.82, 2.24) is 9.69 Å². The quantitative estimate of drug-likeness (QED) is 0.867. The lowest BCUT2D eigenvalue weighted by Crippen LogP contribution is -2.33. The van der Waals surface area contributed by atoms with E-state index in [2.05, 4.69) is 14.6 Å². The van der Waals surface area contributed by atoms with E-state index in [0.717, 1.165) is 17.5 Å². The number of nitrogens with two attached hydrogens (primary N) is 1.